The monoisotopic (exact) mass is 369 g/mol. The second-order valence-corrected chi connectivity index (χ2v) is 6.84. The summed E-state index contributed by atoms with van der Waals surface area (Å²) in [5.74, 6) is -2.56. The molecule has 0 saturated heterocycles. The number of pyridine rings is 1. The molecule has 1 heterocycles. The average Bonchev–Trinajstić information content (AvgIpc) is 2.55. The van der Waals surface area contributed by atoms with Crippen molar-refractivity contribution < 1.29 is 27.3 Å². The van der Waals surface area contributed by atoms with Gasteiger partial charge in [0, 0.05) is 31.6 Å². The van der Waals surface area contributed by atoms with Gasteiger partial charge < -0.3 is 4.74 Å². The van der Waals surface area contributed by atoms with Crippen LogP contribution in [0.15, 0.2) is 47.6 Å². The van der Waals surface area contributed by atoms with Gasteiger partial charge in [0.15, 0.2) is 0 Å². The molecule has 0 aliphatic heterocycles. The summed E-state index contributed by atoms with van der Waals surface area (Å²) < 4.78 is 43.2. The van der Waals surface area contributed by atoms with Crippen molar-refractivity contribution in [1.82, 2.24) is 9.29 Å². The van der Waals surface area contributed by atoms with Gasteiger partial charge in [0.05, 0.1) is 4.92 Å². The Hall–Kier alpha value is -2.92. The maximum atomic E-state index is 13.2. The van der Waals surface area contributed by atoms with Crippen LogP contribution in [0.25, 0.3) is 0 Å². The van der Waals surface area contributed by atoms with E-state index in [1.165, 1.54) is 18.3 Å². The molecule has 1 aromatic carbocycles. The highest BCUT2D eigenvalue weighted by Gasteiger charge is 2.25. The number of carbonyl (C=O) groups excluding carboxylic acids is 1. The van der Waals surface area contributed by atoms with E-state index in [1.807, 2.05) is 0 Å². The van der Waals surface area contributed by atoms with Gasteiger partial charge in [-0.15, -0.1) is 0 Å². The average molecular weight is 369 g/mol. The van der Waals surface area contributed by atoms with Gasteiger partial charge in [-0.3, -0.25) is 19.9 Å². The number of hydrogen-bond acceptors (Lipinski definition) is 7. The Morgan fingerprint density at radius 1 is 1.40 bits per heavy atom. The summed E-state index contributed by atoms with van der Waals surface area (Å²) in [5.41, 5.74) is -0.618. The standard InChI is InChI=1S/C14H12FN3O6S/c1-17(25(22,23)11-3-2-6-16-8-11)9-14(19)24-13-7-10(15)4-5-12(13)18(20)21/h2-8H,9H2,1H3. The number of esters is 1. The van der Waals surface area contributed by atoms with Crippen LogP contribution < -0.4 is 4.74 Å². The molecule has 0 aliphatic carbocycles. The van der Waals surface area contributed by atoms with Crippen LogP contribution in [-0.4, -0.2) is 42.2 Å². The summed E-state index contributed by atoms with van der Waals surface area (Å²) in [7, 11) is -2.87. The molecule has 0 saturated carbocycles. The number of halogens is 1. The number of hydrogen-bond donors (Lipinski definition) is 0. The number of nitro groups is 1. The number of nitro benzene ring substituents is 1. The van der Waals surface area contributed by atoms with E-state index in [-0.39, 0.29) is 4.90 Å². The number of nitrogens with zero attached hydrogens (tertiary/aromatic N) is 3. The van der Waals surface area contributed by atoms with E-state index in [1.54, 1.807) is 0 Å². The van der Waals surface area contributed by atoms with Crippen LogP contribution in [0.1, 0.15) is 0 Å². The molecule has 9 nitrogen and oxygen atoms in total. The minimum atomic E-state index is -4.00. The van der Waals surface area contributed by atoms with Crippen molar-refractivity contribution in [1.29, 1.82) is 0 Å². The van der Waals surface area contributed by atoms with Crippen molar-refractivity contribution in [2.24, 2.45) is 0 Å². The lowest BCUT2D eigenvalue weighted by atomic mass is 10.3. The van der Waals surface area contributed by atoms with Gasteiger partial charge >= 0.3 is 11.7 Å². The van der Waals surface area contributed by atoms with Gasteiger partial charge in [-0.2, -0.15) is 4.31 Å². The first-order chi connectivity index (χ1) is 11.7. The lowest BCUT2D eigenvalue weighted by Crippen LogP contribution is -2.34. The number of sulfonamides is 1. The fraction of sp³-hybridized carbons (Fsp3) is 0.143. The summed E-state index contributed by atoms with van der Waals surface area (Å²) in [4.78, 5) is 25.5. The molecule has 11 heteroatoms. The van der Waals surface area contributed by atoms with Crippen molar-refractivity contribution in [3.8, 4) is 5.75 Å². The number of rotatable bonds is 6. The predicted molar refractivity (Wildman–Crippen MR) is 82.7 cm³/mol. The lowest BCUT2D eigenvalue weighted by Gasteiger charge is -2.16. The molecule has 0 radical (unpaired) electrons. The molecule has 0 atom stereocenters. The van der Waals surface area contributed by atoms with Crippen LogP contribution >= 0.6 is 0 Å². The molecule has 0 fully saturated rings. The third-order valence-electron chi connectivity index (χ3n) is 3.04. The minimum Gasteiger partial charge on any atom is -0.418 e. The van der Waals surface area contributed by atoms with Crippen LogP contribution in [0.5, 0.6) is 5.75 Å². The Morgan fingerprint density at radius 3 is 2.72 bits per heavy atom. The van der Waals surface area contributed by atoms with E-state index >= 15 is 0 Å². The zero-order chi connectivity index (χ0) is 18.6. The minimum absolute atomic E-state index is 0.137. The normalized spacial score (nSPS) is 11.3. The zero-order valence-corrected chi connectivity index (χ0v) is 13.6. The number of likely N-dealkylation sites (N-methyl/N-ethyl adjacent to an activating group) is 1. The molecule has 0 amide bonds. The van der Waals surface area contributed by atoms with Gasteiger partial charge in [-0.1, -0.05) is 0 Å². The molecule has 132 valence electrons. The largest absolute Gasteiger partial charge is 0.418 e. The number of ether oxygens (including phenoxy) is 1. The van der Waals surface area contributed by atoms with Crippen LogP contribution in [0.2, 0.25) is 0 Å². The maximum Gasteiger partial charge on any atom is 0.326 e. The van der Waals surface area contributed by atoms with Crippen molar-refractivity contribution in [2.45, 2.75) is 4.90 Å². The van der Waals surface area contributed by atoms with Gasteiger partial charge in [0.1, 0.15) is 17.3 Å². The quantitative estimate of drug-likeness (QED) is 0.326. The summed E-state index contributed by atoms with van der Waals surface area (Å²) in [5, 5.41) is 10.9. The fourth-order valence-corrected chi connectivity index (χ4v) is 2.90. The van der Waals surface area contributed by atoms with E-state index in [9.17, 15) is 27.7 Å². The predicted octanol–water partition coefficient (Wildman–Crippen LogP) is 1.35. The summed E-state index contributed by atoms with van der Waals surface area (Å²) in [6.45, 7) is -0.731. The second kappa shape index (κ2) is 7.32. The Labute approximate surface area is 141 Å². The van der Waals surface area contributed by atoms with E-state index in [4.69, 9.17) is 4.74 Å². The number of benzene rings is 1. The van der Waals surface area contributed by atoms with E-state index in [2.05, 4.69) is 4.98 Å². The molecular weight excluding hydrogens is 357 g/mol. The zero-order valence-electron chi connectivity index (χ0n) is 12.8. The SMILES string of the molecule is CN(CC(=O)Oc1cc(F)ccc1[N+](=O)[O-])S(=O)(=O)c1cccnc1. The molecule has 25 heavy (non-hydrogen) atoms. The van der Waals surface area contributed by atoms with Crippen molar-refractivity contribution in [3.63, 3.8) is 0 Å². The highest BCUT2D eigenvalue weighted by molar-refractivity contribution is 7.89. The Balaban J connectivity index is 2.16. The van der Waals surface area contributed by atoms with Crippen molar-refractivity contribution in [2.75, 3.05) is 13.6 Å². The van der Waals surface area contributed by atoms with E-state index < -0.39 is 44.7 Å². The number of aromatic nitrogens is 1. The third-order valence-corrected chi connectivity index (χ3v) is 4.82. The molecule has 0 N–H and O–H groups in total. The maximum absolute atomic E-state index is 13.2. The summed E-state index contributed by atoms with van der Waals surface area (Å²) in [6, 6.07) is 5.06. The molecular formula is C14H12FN3O6S. The van der Waals surface area contributed by atoms with Crippen LogP contribution in [-0.2, 0) is 14.8 Å². The number of carbonyl (C=O) groups is 1. The first kappa shape index (κ1) is 18.4. The third kappa shape index (κ3) is 4.33. The Kier molecular flexibility index (Phi) is 5.39. The van der Waals surface area contributed by atoms with Gasteiger partial charge in [-0.05, 0) is 18.2 Å². The lowest BCUT2D eigenvalue weighted by molar-refractivity contribution is -0.385. The van der Waals surface area contributed by atoms with E-state index in [0.29, 0.717) is 10.4 Å². The molecule has 0 spiro atoms. The Bertz CT molecular complexity index is 904. The molecule has 0 bridgehead atoms. The van der Waals surface area contributed by atoms with Crippen LogP contribution in [0.3, 0.4) is 0 Å². The fourth-order valence-electron chi connectivity index (χ4n) is 1.82. The van der Waals surface area contributed by atoms with Gasteiger partial charge in [-0.25, -0.2) is 12.8 Å². The van der Waals surface area contributed by atoms with E-state index in [0.717, 1.165) is 25.4 Å². The van der Waals surface area contributed by atoms with Crippen molar-refractivity contribution in [3.05, 3.63) is 58.7 Å². The van der Waals surface area contributed by atoms with Gasteiger partial charge in [0.2, 0.25) is 15.8 Å². The molecule has 2 rings (SSSR count). The molecule has 1 aromatic heterocycles. The highest BCUT2D eigenvalue weighted by atomic mass is 32.2. The van der Waals surface area contributed by atoms with Crippen molar-refractivity contribution >= 4 is 21.7 Å². The summed E-state index contributed by atoms with van der Waals surface area (Å²) >= 11 is 0. The summed E-state index contributed by atoms with van der Waals surface area (Å²) in [6.07, 6.45) is 2.49. The Morgan fingerprint density at radius 2 is 2.12 bits per heavy atom. The second-order valence-electron chi connectivity index (χ2n) is 4.79. The topological polar surface area (TPSA) is 120 Å². The highest BCUT2D eigenvalue weighted by Crippen LogP contribution is 2.27. The smallest absolute Gasteiger partial charge is 0.326 e. The molecule has 2 aromatic rings. The molecule has 0 unspecified atom stereocenters. The van der Waals surface area contributed by atoms with Gasteiger partial charge in [0.25, 0.3) is 0 Å². The van der Waals surface area contributed by atoms with Crippen LogP contribution in [0.4, 0.5) is 10.1 Å². The first-order valence-electron chi connectivity index (χ1n) is 6.73. The molecule has 0 aliphatic rings. The first-order valence-corrected chi connectivity index (χ1v) is 8.17. The van der Waals surface area contributed by atoms with Crippen LogP contribution in [0, 0.1) is 15.9 Å².